The zero-order valence-corrected chi connectivity index (χ0v) is 36.2. The Bertz CT molecular complexity index is 1280. The summed E-state index contributed by atoms with van der Waals surface area (Å²) in [5.41, 5.74) is -9.60. The van der Waals surface area contributed by atoms with Gasteiger partial charge in [0, 0.05) is 19.4 Å². The Morgan fingerprint density at radius 2 is 0.930 bits per heavy atom. The second-order valence-corrected chi connectivity index (χ2v) is 17.3. The lowest BCUT2D eigenvalue weighted by molar-refractivity contribution is -0.416. The molecule has 0 heterocycles. The average Bonchev–Trinajstić information content (AvgIpc) is 2.99. The van der Waals surface area contributed by atoms with Crippen LogP contribution in [0.4, 0.5) is 43.9 Å². The van der Waals surface area contributed by atoms with E-state index in [0.717, 1.165) is 13.8 Å². The highest BCUT2D eigenvalue weighted by Crippen LogP contribution is 2.48. The third-order valence-electron chi connectivity index (χ3n) is 9.01. The van der Waals surface area contributed by atoms with Gasteiger partial charge in [0.1, 0.15) is 24.4 Å². The molecule has 0 aromatic carbocycles. The molecule has 57 heavy (non-hydrogen) atoms. The quantitative estimate of drug-likeness (QED) is 0.0634. The van der Waals surface area contributed by atoms with Crippen molar-refractivity contribution < 1.29 is 77.1 Å². The summed E-state index contributed by atoms with van der Waals surface area (Å²) < 4.78 is 175. The maximum atomic E-state index is 14.8. The van der Waals surface area contributed by atoms with Crippen LogP contribution in [0.3, 0.4) is 0 Å². The lowest BCUT2D eigenvalue weighted by atomic mass is 9.89. The Kier molecular flexibility index (Phi) is 21.2. The number of alkyl halides is 10. The second kappa shape index (κ2) is 21.1. The van der Waals surface area contributed by atoms with Crippen LogP contribution in [-0.2, 0) is 33.2 Å². The van der Waals surface area contributed by atoms with E-state index in [9.17, 15) is 43.9 Å². The molecule has 0 aliphatic carbocycles. The normalized spacial score (nSPS) is 15.1. The van der Waals surface area contributed by atoms with E-state index in [2.05, 4.69) is 26.1 Å². The Hall–Kier alpha value is -1.86. The van der Waals surface area contributed by atoms with Gasteiger partial charge in [-0.1, -0.05) is 25.7 Å². The lowest BCUT2D eigenvalue weighted by Gasteiger charge is -2.41. The van der Waals surface area contributed by atoms with Crippen LogP contribution in [0.25, 0.3) is 0 Å². The smallest absolute Gasteiger partial charge is 0.375 e. The third-order valence-corrected chi connectivity index (χ3v) is 9.01. The van der Waals surface area contributed by atoms with Gasteiger partial charge in [-0.15, -0.1) is 12.8 Å². The first-order valence-electron chi connectivity index (χ1n) is 18.4. The van der Waals surface area contributed by atoms with Crippen LogP contribution in [0.5, 0.6) is 0 Å². The van der Waals surface area contributed by atoms with Crippen molar-refractivity contribution in [3.63, 3.8) is 0 Å². The molecule has 0 aromatic rings. The predicted octanol–water partition coefficient (Wildman–Crippen LogP) is 11.3. The summed E-state index contributed by atoms with van der Waals surface area (Å²) in [5, 5.41) is 0. The van der Waals surface area contributed by atoms with Gasteiger partial charge in [-0.2, -0.15) is 35.1 Å². The number of rotatable bonds is 26. The van der Waals surface area contributed by atoms with Crippen LogP contribution in [0.15, 0.2) is 0 Å². The van der Waals surface area contributed by atoms with Crippen molar-refractivity contribution in [1.82, 2.24) is 0 Å². The van der Waals surface area contributed by atoms with E-state index < -0.39 is 82.5 Å². The first kappa shape index (κ1) is 57.2. The number of hydrogen-bond acceptors (Lipinski definition) is 7. The maximum Gasteiger partial charge on any atom is 0.422 e. The van der Waals surface area contributed by atoms with Gasteiger partial charge in [0.2, 0.25) is 0 Å². The molecule has 0 amide bonds. The van der Waals surface area contributed by atoms with Crippen molar-refractivity contribution in [1.29, 1.82) is 0 Å². The van der Waals surface area contributed by atoms with Crippen molar-refractivity contribution >= 4 is 0 Å². The number of ether oxygens (including phenoxy) is 7. The molecule has 0 saturated carbocycles. The molecule has 0 aromatic heterocycles. The average molecular weight is 849 g/mol. The first-order valence-corrected chi connectivity index (χ1v) is 18.4. The summed E-state index contributed by atoms with van der Waals surface area (Å²) in [7, 11) is 0.341. The topological polar surface area (TPSA) is 64.6 Å². The second-order valence-electron chi connectivity index (χ2n) is 17.3. The maximum absolute atomic E-state index is 14.8. The van der Waals surface area contributed by atoms with Gasteiger partial charge >= 0.3 is 24.2 Å². The molecule has 0 aliphatic rings. The minimum Gasteiger partial charge on any atom is -0.375 e. The van der Waals surface area contributed by atoms with Crippen LogP contribution in [0.2, 0.25) is 0 Å². The van der Waals surface area contributed by atoms with Crippen molar-refractivity contribution in [2.75, 3.05) is 33.5 Å². The number of methoxy groups -OCH3 is 1. The fraction of sp³-hybridized carbons (Fsp3) is 0.900. The Labute approximate surface area is 333 Å². The van der Waals surface area contributed by atoms with Crippen LogP contribution < -0.4 is 0 Å². The molecule has 0 aliphatic heterocycles. The van der Waals surface area contributed by atoms with Crippen LogP contribution in [-0.4, -0.2) is 97.3 Å². The summed E-state index contributed by atoms with van der Waals surface area (Å²) in [5.74, 6) is -5.06. The fourth-order valence-corrected chi connectivity index (χ4v) is 4.82. The molecule has 1 unspecified atom stereocenters. The molecular weight excluding hydrogens is 782 g/mol. The standard InChI is InChI=1S/C21H36F4O3.C19H30F6O4/c1-10-13-26-17(4,5)12-14-27-18(6,7)15-20(22,23)19(8,9)28-21(24,25)16(3)11-2;1-9-11-27-14(2,3)10-12-28-15(4,5)13-17(20,21)29-16(6,7)18(22,23)19(24,25)26-8/h1,16H,11-15H2,2-9H3;1H,10-13H2,2-8H3. The SMILES string of the molecule is C#CCOC(C)(C)CCOC(C)(C)CC(F)(F)C(C)(C)OC(F)(F)C(C)CC.C#CCOC(C)(C)CCOC(C)(C)CC(F)(F)OC(C)(C)C(F)(F)C(F)(F)OC. The summed E-state index contributed by atoms with van der Waals surface area (Å²) in [6.07, 6.45) is -3.61. The molecule has 7 nitrogen and oxygen atoms in total. The Morgan fingerprint density at radius 3 is 1.28 bits per heavy atom. The molecule has 0 rings (SSSR count). The third kappa shape index (κ3) is 19.8. The Morgan fingerprint density at radius 1 is 0.544 bits per heavy atom. The van der Waals surface area contributed by atoms with Crippen molar-refractivity contribution in [3.05, 3.63) is 0 Å². The molecule has 0 radical (unpaired) electrons. The molecule has 0 N–H and O–H groups in total. The van der Waals surface area contributed by atoms with Crippen LogP contribution in [0.1, 0.15) is 129 Å². The summed E-state index contributed by atoms with van der Waals surface area (Å²) in [6.45, 7) is 18.7. The molecule has 338 valence electrons. The molecular formula is C40H66F10O7. The van der Waals surface area contributed by atoms with Gasteiger partial charge in [0.25, 0.3) is 5.92 Å². The minimum absolute atomic E-state index is 0.00193. The molecule has 0 fully saturated rings. The molecule has 1 atom stereocenters. The van der Waals surface area contributed by atoms with Gasteiger partial charge < -0.3 is 33.2 Å². The van der Waals surface area contributed by atoms with E-state index in [0.29, 0.717) is 33.8 Å². The largest absolute Gasteiger partial charge is 0.422 e. The van der Waals surface area contributed by atoms with E-state index in [1.165, 1.54) is 34.6 Å². The molecule has 0 bridgehead atoms. The monoisotopic (exact) mass is 848 g/mol. The van der Waals surface area contributed by atoms with Gasteiger partial charge in [-0.3, -0.25) is 0 Å². The van der Waals surface area contributed by atoms with E-state index in [1.54, 1.807) is 20.8 Å². The van der Waals surface area contributed by atoms with Gasteiger partial charge in [-0.05, 0) is 102 Å². The van der Waals surface area contributed by atoms with Crippen LogP contribution in [0, 0.1) is 30.6 Å². The van der Waals surface area contributed by atoms with E-state index in [4.69, 9.17) is 31.8 Å². The zero-order chi connectivity index (χ0) is 45.8. The van der Waals surface area contributed by atoms with E-state index >= 15 is 0 Å². The number of hydrogen-bond donors (Lipinski definition) is 0. The van der Waals surface area contributed by atoms with Gasteiger partial charge in [0.05, 0.1) is 42.0 Å². The first-order chi connectivity index (χ1) is 25.2. The highest BCUT2D eigenvalue weighted by atomic mass is 19.3. The molecule has 0 saturated heterocycles. The predicted molar refractivity (Wildman–Crippen MR) is 198 cm³/mol. The number of halogens is 10. The van der Waals surface area contributed by atoms with Gasteiger partial charge in [-0.25, -0.2) is 8.78 Å². The van der Waals surface area contributed by atoms with E-state index in [1.807, 2.05) is 13.8 Å². The summed E-state index contributed by atoms with van der Waals surface area (Å²) >= 11 is 0. The van der Waals surface area contributed by atoms with E-state index in [-0.39, 0.29) is 32.8 Å². The van der Waals surface area contributed by atoms with Crippen molar-refractivity contribution in [2.24, 2.45) is 5.92 Å². The highest BCUT2D eigenvalue weighted by Gasteiger charge is 2.69. The summed E-state index contributed by atoms with van der Waals surface area (Å²) in [4.78, 5) is 0. The molecule has 0 spiro atoms. The minimum atomic E-state index is -5.03. The Balaban J connectivity index is 0. The highest BCUT2D eigenvalue weighted by molar-refractivity contribution is 4.96. The van der Waals surface area contributed by atoms with Crippen molar-refractivity contribution in [3.8, 4) is 24.7 Å². The zero-order valence-electron chi connectivity index (χ0n) is 36.2. The number of terminal acetylenes is 2. The fourth-order valence-electron chi connectivity index (χ4n) is 4.82. The van der Waals surface area contributed by atoms with Crippen LogP contribution >= 0.6 is 0 Å². The molecule has 17 heteroatoms. The summed E-state index contributed by atoms with van der Waals surface area (Å²) in [6, 6.07) is 0. The lowest BCUT2D eigenvalue weighted by Crippen LogP contribution is -2.60. The van der Waals surface area contributed by atoms with Crippen molar-refractivity contribution in [2.45, 2.75) is 193 Å². The van der Waals surface area contributed by atoms with Gasteiger partial charge in [0.15, 0.2) is 0 Å².